The van der Waals surface area contributed by atoms with Gasteiger partial charge in [0.2, 0.25) is 5.95 Å². The maximum Gasteiger partial charge on any atom is 0.338 e. The van der Waals surface area contributed by atoms with Crippen LogP contribution in [0.15, 0.2) is 48.8 Å². The highest BCUT2D eigenvalue weighted by molar-refractivity contribution is 5.86. The zero-order valence-corrected chi connectivity index (χ0v) is 11.8. The van der Waals surface area contributed by atoms with E-state index in [1.54, 1.807) is 11.7 Å². The molecule has 0 aliphatic carbocycles. The summed E-state index contributed by atoms with van der Waals surface area (Å²) in [5.41, 5.74) is 1.88. The Kier molecular flexibility index (Phi) is 3.53. The van der Waals surface area contributed by atoms with Crippen molar-refractivity contribution in [3.63, 3.8) is 0 Å². The Hall–Kier alpha value is -3.22. The molecule has 0 saturated heterocycles. The fourth-order valence-electron chi connectivity index (χ4n) is 1.95. The van der Waals surface area contributed by atoms with E-state index >= 15 is 0 Å². The Balaban J connectivity index is 1.84. The van der Waals surface area contributed by atoms with Crippen LogP contribution in [0.2, 0.25) is 0 Å². The molecule has 3 rings (SSSR count). The summed E-state index contributed by atoms with van der Waals surface area (Å²) >= 11 is 0. The second-order valence-corrected chi connectivity index (χ2v) is 4.63. The Morgan fingerprint density at radius 2 is 1.86 bits per heavy atom. The first kappa shape index (κ1) is 13.7. The van der Waals surface area contributed by atoms with Crippen LogP contribution in [0.1, 0.15) is 10.4 Å². The van der Waals surface area contributed by atoms with Crippen LogP contribution in [0.25, 0.3) is 11.3 Å². The summed E-state index contributed by atoms with van der Waals surface area (Å²) < 4.78 is 1.68. The van der Waals surface area contributed by atoms with Gasteiger partial charge in [-0.2, -0.15) is 5.10 Å². The third-order valence-electron chi connectivity index (χ3n) is 3.09. The quantitative estimate of drug-likeness (QED) is 0.767. The molecule has 0 fully saturated rings. The number of carboxylic acid groups (broad SMARTS) is 1. The smallest absolute Gasteiger partial charge is 0.338 e. The van der Waals surface area contributed by atoms with Crippen molar-refractivity contribution < 1.29 is 9.90 Å². The summed E-state index contributed by atoms with van der Waals surface area (Å²) in [6.07, 6.45) is 2.51. The van der Waals surface area contributed by atoms with Gasteiger partial charge in [-0.15, -0.1) is 0 Å². The molecule has 110 valence electrons. The molecule has 0 aliphatic rings. The number of hydrogen-bond acceptors (Lipinski definition) is 5. The van der Waals surface area contributed by atoms with Crippen molar-refractivity contribution >= 4 is 17.7 Å². The minimum atomic E-state index is -1.06. The summed E-state index contributed by atoms with van der Waals surface area (Å²) in [7, 11) is 1.81. The molecule has 0 amide bonds. The highest BCUT2D eigenvalue weighted by Gasteiger charge is 2.09. The summed E-state index contributed by atoms with van der Waals surface area (Å²) in [6, 6.07) is 11.7. The minimum Gasteiger partial charge on any atom is -0.478 e. The van der Waals surface area contributed by atoms with Gasteiger partial charge >= 0.3 is 5.97 Å². The molecule has 0 saturated carbocycles. The number of carboxylic acids is 1. The topological polar surface area (TPSA) is 92.9 Å². The van der Waals surface area contributed by atoms with E-state index < -0.39 is 5.97 Å². The Morgan fingerprint density at radius 1 is 1.18 bits per heavy atom. The molecule has 0 aliphatic heterocycles. The molecule has 0 spiro atoms. The lowest BCUT2D eigenvalue weighted by Crippen LogP contribution is -2.04. The van der Waals surface area contributed by atoms with Crippen molar-refractivity contribution in [3.8, 4) is 11.3 Å². The zero-order valence-electron chi connectivity index (χ0n) is 11.8. The van der Waals surface area contributed by atoms with Gasteiger partial charge < -0.3 is 10.4 Å². The van der Waals surface area contributed by atoms with E-state index in [1.165, 1.54) is 12.4 Å². The Labute approximate surface area is 126 Å². The van der Waals surface area contributed by atoms with E-state index in [-0.39, 0.29) is 5.56 Å². The van der Waals surface area contributed by atoms with Gasteiger partial charge in [0, 0.05) is 31.1 Å². The van der Waals surface area contributed by atoms with Gasteiger partial charge in [0.05, 0.1) is 11.3 Å². The SMILES string of the molecule is Cn1nc(-c2ccccc2)cc1Nc1ncc(C(=O)O)cn1. The molecule has 0 bridgehead atoms. The molecular formula is C15H13N5O2. The summed E-state index contributed by atoms with van der Waals surface area (Å²) in [4.78, 5) is 18.7. The molecule has 1 aromatic carbocycles. The Bertz CT molecular complexity index is 797. The van der Waals surface area contributed by atoms with Gasteiger partial charge in [-0.1, -0.05) is 30.3 Å². The minimum absolute atomic E-state index is 0.0422. The average molecular weight is 295 g/mol. The monoisotopic (exact) mass is 295 g/mol. The van der Waals surface area contributed by atoms with E-state index in [0.717, 1.165) is 11.3 Å². The van der Waals surface area contributed by atoms with Crippen LogP contribution in [-0.4, -0.2) is 30.8 Å². The molecule has 0 atom stereocenters. The van der Waals surface area contributed by atoms with E-state index in [1.807, 2.05) is 36.4 Å². The number of rotatable bonds is 4. The van der Waals surface area contributed by atoms with Crippen LogP contribution in [0, 0.1) is 0 Å². The average Bonchev–Trinajstić information content (AvgIpc) is 2.90. The van der Waals surface area contributed by atoms with Crippen molar-refractivity contribution in [3.05, 3.63) is 54.4 Å². The number of nitrogens with zero attached hydrogens (tertiary/aromatic N) is 4. The molecule has 7 heteroatoms. The van der Waals surface area contributed by atoms with Crippen LogP contribution < -0.4 is 5.32 Å². The molecule has 7 nitrogen and oxygen atoms in total. The molecule has 2 heterocycles. The number of hydrogen-bond donors (Lipinski definition) is 2. The lowest BCUT2D eigenvalue weighted by atomic mass is 10.2. The van der Waals surface area contributed by atoms with Crippen molar-refractivity contribution in [1.29, 1.82) is 0 Å². The lowest BCUT2D eigenvalue weighted by molar-refractivity contribution is 0.0696. The molecule has 0 radical (unpaired) electrons. The first-order valence-corrected chi connectivity index (χ1v) is 6.55. The predicted molar refractivity (Wildman–Crippen MR) is 80.9 cm³/mol. The first-order valence-electron chi connectivity index (χ1n) is 6.55. The standard InChI is InChI=1S/C15H13N5O2/c1-20-13(7-12(19-20)10-5-3-2-4-6-10)18-15-16-8-11(9-17-15)14(21)22/h2-9H,1H3,(H,21,22)(H,16,17,18). The van der Waals surface area contributed by atoms with E-state index in [9.17, 15) is 4.79 Å². The molecule has 0 unspecified atom stereocenters. The lowest BCUT2D eigenvalue weighted by Gasteiger charge is -2.03. The second-order valence-electron chi connectivity index (χ2n) is 4.63. The zero-order chi connectivity index (χ0) is 15.5. The number of nitrogens with one attached hydrogen (secondary N) is 1. The number of carbonyl (C=O) groups is 1. The molecule has 2 aromatic heterocycles. The number of aromatic nitrogens is 4. The van der Waals surface area contributed by atoms with Gasteiger partial charge in [0.1, 0.15) is 5.82 Å². The van der Waals surface area contributed by atoms with Gasteiger partial charge in [0.15, 0.2) is 0 Å². The van der Waals surface area contributed by atoms with Gasteiger partial charge in [-0.25, -0.2) is 14.8 Å². The van der Waals surface area contributed by atoms with E-state index in [2.05, 4.69) is 20.4 Å². The highest BCUT2D eigenvalue weighted by Crippen LogP contribution is 2.22. The van der Waals surface area contributed by atoms with Crippen LogP contribution in [0.3, 0.4) is 0 Å². The fraction of sp³-hybridized carbons (Fsp3) is 0.0667. The third kappa shape index (κ3) is 2.78. The number of anilines is 2. The number of benzene rings is 1. The van der Waals surface area contributed by atoms with E-state index in [4.69, 9.17) is 5.11 Å². The first-order chi connectivity index (χ1) is 10.6. The van der Waals surface area contributed by atoms with Crippen LogP contribution in [0.4, 0.5) is 11.8 Å². The van der Waals surface area contributed by atoms with Gasteiger partial charge in [-0.05, 0) is 0 Å². The van der Waals surface area contributed by atoms with Crippen molar-refractivity contribution in [1.82, 2.24) is 19.7 Å². The Morgan fingerprint density at radius 3 is 2.50 bits per heavy atom. The second kappa shape index (κ2) is 5.65. The summed E-state index contributed by atoms with van der Waals surface area (Å²) in [5.74, 6) is -0.0343. The fourth-order valence-corrected chi connectivity index (χ4v) is 1.95. The summed E-state index contributed by atoms with van der Waals surface area (Å²) in [5, 5.41) is 16.3. The number of aryl methyl sites for hydroxylation is 1. The molecular weight excluding hydrogens is 282 g/mol. The van der Waals surface area contributed by atoms with Crippen LogP contribution in [0.5, 0.6) is 0 Å². The normalized spacial score (nSPS) is 10.4. The molecule has 2 N–H and O–H groups in total. The van der Waals surface area contributed by atoms with Crippen molar-refractivity contribution in [2.45, 2.75) is 0 Å². The molecule has 22 heavy (non-hydrogen) atoms. The highest BCUT2D eigenvalue weighted by atomic mass is 16.4. The van der Waals surface area contributed by atoms with Crippen molar-refractivity contribution in [2.24, 2.45) is 7.05 Å². The molecule has 3 aromatic rings. The third-order valence-corrected chi connectivity index (χ3v) is 3.09. The van der Waals surface area contributed by atoms with Crippen molar-refractivity contribution in [2.75, 3.05) is 5.32 Å². The number of aromatic carboxylic acids is 1. The predicted octanol–water partition coefficient (Wildman–Crippen LogP) is 2.32. The van der Waals surface area contributed by atoms with Gasteiger partial charge in [0.25, 0.3) is 0 Å². The van der Waals surface area contributed by atoms with Crippen LogP contribution >= 0.6 is 0 Å². The summed E-state index contributed by atoms with van der Waals surface area (Å²) in [6.45, 7) is 0. The van der Waals surface area contributed by atoms with Crippen LogP contribution in [-0.2, 0) is 7.05 Å². The van der Waals surface area contributed by atoms with E-state index in [0.29, 0.717) is 11.8 Å². The maximum atomic E-state index is 10.8. The largest absolute Gasteiger partial charge is 0.478 e. The van der Waals surface area contributed by atoms with Gasteiger partial charge in [-0.3, -0.25) is 4.68 Å². The maximum absolute atomic E-state index is 10.8.